The van der Waals surface area contributed by atoms with Crippen LogP contribution in [0.3, 0.4) is 0 Å². The average molecular weight is 372 g/mol. The number of carbonyl (C=O) groups is 2. The van der Waals surface area contributed by atoms with Gasteiger partial charge in [-0.25, -0.2) is 0 Å². The van der Waals surface area contributed by atoms with Gasteiger partial charge in [-0.05, 0) is 43.0 Å². The van der Waals surface area contributed by atoms with E-state index in [2.05, 4.69) is 15.6 Å². The van der Waals surface area contributed by atoms with Crippen LogP contribution in [0.2, 0.25) is 5.02 Å². The fourth-order valence-electron chi connectivity index (χ4n) is 3.14. The van der Waals surface area contributed by atoms with Crippen molar-refractivity contribution in [2.45, 2.75) is 38.1 Å². The lowest BCUT2D eigenvalue weighted by molar-refractivity contribution is 0.0937. The highest BCUT2D eigenvalue weighted by atomic mass is 35.5. The molecule has 1 saturated carbocycles. The summed E-state index contributed by atoms with van der Waals surface area (Å²) in [4.78, 5) is 28.7. The minimum absolute atomic E-state index is 0.169. The van der Waals surface area contributed by atoms with Crippen LogP contribution >= 0.6 is 11.6 Å². The average Bonchev–Trinajstić information content (AvgIpc) is 3.15. The van der Waals surface area contributed by atoms with E-state index in [4.69, 9.17) is 11.6 Å². The Labute approximate surface area is 158 Å². The molecule has 2 aromatic rings. The monoisotopic (exact) mass is 371 g/mol. The molecule has 136 valence electrons. The molecule has 1 heterocycles. The smallest absolute Gasteiger partial charge is 0.253 e. The molecule has 26 heavy (non-hydrogen) atoms. The summed E-state index contributed by atoms with van der Waals surface area (Å²) in [7, 11) is 0. The van der Waals surface area contributed by atoms with Crippen molar-refractivity contribution in [3.05, 3.63) is 64.4 Å². The van der Waals surface area contributed by atoms with Gasteiger partial charge in [0, 0.05) is 30.0 Å². The quantitative estimate of drug-likeness (QED) is 0.817. The van der Waals surface area contributed by atoms with Crippen LogP contribution in [0.15, 0.2) is 42.7 Å². The van der Waals surface area contributed by atoms with Gasteiger partial charge in [0.15, 0.2) is 0 Å². The number of nitrogens with one attached hydrogen (secondary N) is 2. The Kier molecular flexibility index (Phi) is 6.23. The number of pyridine rings is 1. The summed E-state index contributed by atoms with van der Waals surface area (Å²) < 4.78 is 0. The topological polar surface area (TPSA) is 71.1 Å². The van der Waals surface area contributed by atoms with Crippen LogP contribution < -0.4 is 10.6 Å². The highest BCUT2D eigenvalue weighted by Crippen LogP contribution is 2.18. The van der Waals surface area contributed by atoms with Gasteiger partial charge >= 0.3 is 0 Å². The Bertz CT molecular complexity index is 788. The van der Waals surface area contributed by atoms with Crippen LogP contribution in [0.25, 0.3) is 0 Å². The first kappa shape index (κ1) is 18.4. The van der Waals surface area contributed by atoms with Gasteiger partial charge in [0.2, 0.25) is 0 Å². The largest absolute Gasteiger partial charge is 0.352 e. The van der Waals surface area contributed by atoms with Crippen LogP contribution in [0.5, 0.6) is 0 Å². The molecular weight excluding hydrogens is 350 g/mol. The van der Waals surface area contributed by atoms with Crippen molar-refractivity contribution in [2.24, 2.45) is 0 Å². The van der Waals surface area contributed by atoms with Crippen molar-refractivity contribution in [3.8, 4) is 0 Å². The summed E-state index contributed by atoms with van der Waals surface area (Å²) in [6, 6.07) is 9.37. The second-order valence-electron chi connectivity index (χ2n) is 6.55. The summed E-state index contributed by atoms with van der Waals surface area (Å²) in [5.41, 5.74) is 1.86. The summed E-state index contributed by atoms with van der Waals surface area (Å²) in [6.07, 6.45) is 7.98. The number of carbonyl (C=O) groups excluding carboxylic acids is 2. The third-order valence-corrected chi connectivity index (χ3v) is 4.78. The zero-order valence-corrected chi connectivity index (χ0v) is 15.3. The van der Waals surface area contributed by atoms with Crippen molar-refractivity contribution in [2.75, 3.05) is 6.54 Å². The molecule has 0 unspecified atom stereocenters. The number of nitrogens with zero attached hydrogens (tertiary/aromatic N) is 1. The number of hydrogen-bond donors (Lipinski definition) is 2. The summed E-state index contributed by atoms with van der Waals surface area (Å²) in [6.45, 7) is 0.484. The number of aromatic nitrogens is 1. The van der Waals surface area contributed by atoms with Crippen molar-refractivity contribution in [1.82, 2.24) is 15.6 Å². The first-order valence-corrected chi connectivity index (χ1v) is 9.28. The highest BCUT2D eigenvalue weighted by molar-refractivity contribution is 6.30. The molecule has 0 spiro atoms. The lowest BCUT2D eigenvalue weighted by Crippen LogP contribution is -2.33. The molecule has 1 aliphatic carbocycles. The van der Waals surface area contributed by atoms with E-state index in [1.165, 1.54) is 12.4 Å². The predicted molar refractivity (Wildman–Crippen MR) is 101 cm³/mol. The number of benzene rings is 1. The van der Waals surface area contributed by atoms with E-state index in [-0.39, 0.29) is 17.9 Å². The fourth-order valence-corrected chi connectivity index (χ4v) is 3.35. The third kappa shape index (κ3) is 5.05. The SMILES string of the molecule is O=C(NCCc1cccc(Cl)c1)c1cncc(C(=O)NC2CCCC2)c1. The molecule has 1 aliphatic rings. The first-order valence-electron chi connectivity index (χ1n) is 8.90. The molecule has 5 nitrogen and oxygen atoms in total. The molecule has 0 bridgehead atoms. The molecule has 6 heteroatoms. The van der Waals surface area contributed by atoms with Crippen LogP contribution in [0.1, 0.15) is 52.0 Å². The molecule has 1 aromatic carbocycles. The lowest BCUT2D eigenvalue weighted by atomic mass is 10.1. The van der Waals surface area contributed by atoms with E-state index in [1.807, 2.05) is 24.3 Å². The minimum atomic E-state index is -0.241. The molecule has 1 fully saturated rings. The van der Waals surface area contributed by atoms with Crippen molar-refractivity contribution >= 4 is 23.4 Å². The molecule has 0 atom stereocenters. The maximum atomic E-state index is 12.3. The van der Waals surface area contributed by atoms with Gasteiger partial charge in [-0.15, -0.1) is 0 Å². The van der Waals surface area contributed by atoms with E-state index in [1.54, 1.807) is 6.07 Å². The van der Waals surface area contributed by atoms with Crippen LogP contribution in [0, 0.1) is 0 Å². The molecule has 1 aromatic heterocycles. The van der Waals surface area contributed by atoms with Gasteiger partial charge < -0.3 is 10.6 Å². The van der Waals surface area contributed by atoms with Gasteiger partial charge in [0.05, 0.1) is 11.1 Å². The normalized spacial score (nSPS) is 14.2. The van der Waals surface area contributed by atoms with E-state index >= 15 is 0 Å². The molecule has 2 N–H and O–H groups in total. The Hall–Kier alpha value is -2.40. The van der Waals surface area contributed by atoms with E-state index < -0.39 is 0 Å². The van der Waals surface area contributed by atoms with E-state index in [9.17, 15) is 9.59 Å². The Morgan fingerprint density at radius 2 is 1.81 bits per heavy atom. The third-order valence-electron chi connectivity index (χ3n) is 4.54. The zero-order chi connectivity index (χ0) is 18.4. The minimum Gasteiger partial charge on any atom is -0.352 e. The number of hydrogen-bond acceptors (Lipinski definition) is 3. The fraction of sp³-hybridized carbons (Fsp3) is 0.350. The maximum Gasteiger partial charge on any atom is 0.253 e. The highest BCUT2D eigenvalue weighted by Gasteiger charge is 2.19. The first-order chi connectivity index (χ1) is 12.6. The maximum absolute atomic E-state index is 12.3. The molecule has 0 radical (unpaired) electrons. The van der Waals surface area contributed by atoms with Crippen molar-refractivity contribution < 1.29 is 9.59 Å². The van der Waals surface area contributed by atoms with Crippen molar-refractivity contribution in [1.29, 1.82) is 0 Å². The standard InChI is InChI=1S/C20H22ClN3O2/c21-17-5-3-4-14(10-17)8-9-23-19(25)15-11-16(13-22-12-15)20(26)24-18-6-1-2-7-18/h3-5,10-13,18H,1-2,6-9H2,(H,23,25)(H,24,26). The number of amides is 2. The van der Waals surface area contributed by atoms with E-state index in [0.717, 1.165) is 31.2 Å². The van der Waals surface area contributed by atoms with Crippen molar-refractivity contribution in [3.63, 3.8) is 0 Å². The Morgan fingerprint density at radius 1 is 1.08 bits per heavy atom. The van der Waals surface area contributed by atoms with E-state index in [0.29, 0.717) is 29.1 Å². The van der Waals surface area contributed by atoms with Gasteiger partial charge in [0.1, 0.15) is 0 Å². The van der Waals surface area contributed by atoms with Gasteiger partial charge in [-0.3, -0.25) is 14.6 Å². The predicted octanol–water partition coefficient (Wildman–Crippen LogP) is 3.38. The van der Waals surface area contributed by atoms with Crippen LogP contribution in [-0.2, 0) is 6.42 Å². The Morgan fingerprint density at radius 3 is 2.54 bits per heavy atom. The summed E-state index contributed by atoms with van der Waals surface area (Å²) in [5, 5.41) is 6.54. The van der Waals surface area contributed by atoms with Gasteiger partial charge in [0.25, 0.3) is 11.8 Å². The van der Waals surface area contributed by atoms with Crippen LogP contribution in [-0.4, -0.2) is 29.4 Å². The second kappa shape index (κ2) is 8.81. The lowest BCUT2D eigenvalue weighted by Gasteiger charge is -2.12. The molecule has 2 amide bonds. The summed E-state index contributed by atoms with van der Waals surface area (Å²) >= 11 is 5.96. The number of halogens is 1. The molecule has 0 aliphatic heterocycles. The van der Waals surface area contributed by atoms with Crippen LogP contribution in [0.4, 0.5) is 0 Å². The zero-order valence-electron chi connectivity index (χ0n) is 14.5. The Balaban J connectivity index is 1.54. The second-order valence-corrected chi connectivity index (χ2v) is 6.99. The summed E-state index contributed by atoms with van der Waals surface area (Å²) in [5.74, 6) is -0.409. The molecular formula is C20H22ClN3O2. The molecule has 0 saturated heterocycles. The van der Waals surface area contributed by atoms with Gasteiger partial charge in [-0.1, -0.05) is 36.6 Å². The number of rotatable bonds is 6. The molecule has 3 rings (SSSR count). The van der Waals surface area contributed by atoms with Gasteiger partial charge in [-0.2, -0.15) is 0 Å².